The monoisotopic (exact) mass is 726 g/mol. The maximum absolute atomic E-state index is 14.2. The van der Waals surface area contributed by atoms with Gasteiger partial charge in [0, 0.05) is 32.4 Å². The molecule has 7 rings (SSSR count). The molecule has 4 aromatic heterocycles. The van der Waals surface area contributed by atoms with Gasteiger partial charge in [-0.25, -0.2) is 9.50 Å². The van der Waals surface area contributed by atoms with Crippen LogP contribution in [0.5, 0.6) is 0 Å². The number of nitrogens with zero attached hydrogens (tertiary/aromatic N) is 8. The molecule has 19 heteroatoms. The Labute approximate surface area is 290 Å². The van der Waals surface area contributed by atoms with Gasteiger partial charge in [0.05, 0.1) is 41.4 Å². The van der Waals surface area contributed by atoms with Gasteiger partial charge in [-0.3, -0.25) is 24.3 Å². The zero-order chi connectivity index (χ0) is 36.0. The van der Waals surface area contributed by atoms with E-state index in [2.05, 4.69) is 25.5 Å². The van der Waals surface area contributed by atoms with E-state index >= 15 is 0 Å². The summed E-state index contributed by atoms with van der Waals surface area (Å²) < 4.78 is 49.1. The molecule has 0 unspecified atom stereocenters. The highest BCUT2D eigenvalue weighted by Crippen LogP contribution is 2.34. The van der Waals surface area contributed by atoms with Crippen LogP contribution >= 0.6 is 11.6 Å². The van der Waals surface area contributed by atoms with Gasteiger partial charge < -0.3 is 24.4 Å². The lowest BCUT2D eigenvalue weighted by molar-refractivity contribution is -0.137. The minimum absolute atomic E-state index is 0.0217. The Morgan fingerprint density at radius 2 is 1.92 bits per heavy atom. The summed E-state index contributed by atoms with van der Waals surface area (Å²) in [7, 11) is 0. The van der Waals surface area contributed by atoms with Gasteiger partial charge in [0.25, 0.3) is 11.5 Å². The lowest BCUT2D eigenvalue weighted by Crippen LogP contribution is -2.51. The van der Waals surface area contributed by atoms with E-state index in [1.165, 1.54) is 28.1 Å². The molecule has 15 nitrogen and oxygen atoms in total. The molecule has 0 bridgehead atoms. The highest BCUT2D eigenvalue weighted by atomic mass is 35.5. The van der Waals surface area contributed by atoms with Crippen molar-refractivity contribution in [2.24, 2.45) is 0 Å². The smallest absolute Gasteiger partial charge is 0.377 e. The standard InChI is InChI=1S/C32H30ClF3N10O5/c1-2-23-26(42-7-9-43(10-8-42)29(49)20-14-38-45-17-37-15-24(45)27(20)48)30(50)46-31(40-28(41-46)18-5-11-51-12-6-18)44(23)16-25(47)39-22-4-3-19(13-21(22)33)32(34,35)36/h3-5,13-15,17,38H,2,6-12,16H2,1H3,(H,39,47). The van der Waals surface area contributed by atoms with Crippen molar-refractivity contribution in [3.8, 4) is 0 Å². The van der Waals surface area contributed by atoms with E-state index in [1.54, 1.807) is 4.57 Å². The number of benzene rings is 1. The molecule has 6 heterocycles. The number of aromatic nitrogens is 7. The van der Waals surface area contributed by atoms with Gasteiger partial charge >= 0.3 is 6.18 Å². The topological polar surface area (TPSA) is 164 Å². The molecular weight excluding hydrogens is 697 g/mol. The van der Waals surface area contributed by atoms with Crippen LogP contribution < -0.4 is 21.2 Å². The fraction of sp³-hybridized carbons (Fsp3) is 0.344. The zero-order valence-electron chi connectivity index (χ0n) is 27.0. The Kier molecular flexibility index (Phi) is 8.88. The molecule has 51 heavy (non-hydrogen) atoms. The number of alkyl halides is 3. The molecule has 0 spiro atoms. The number of ether oxygens (including phenoxy) is 1. The minimum atomic E-state index is -4.61. The summed E-state index contributed by atoms with van der Waals surface area (Å²) in [6, 6.07) is 2.62. The number of hydrogen-bond acceptors (Lipinski definition) is 9. The van der Waals surface area contributed by atoms with Crippen LogP contribution in [0, 0.1) is 0 Å². The highest BCUT2D eigenvalue weighted by Gasteiger charge is 2.32. The lowest BCUT2D eigenvalue weighted by Gasteiger charge is -2.36. The summed E-state index contributed by atoms with van der Waals surface area (Å²) in [5.74, 6) is -0.703. The number of rotatable bonds is 7. The summed E-state index contributed by atoms with van der Waals surface area (Å²) in [4.78, 5) is 66.0. The number of carbonyl (C=O) groups excluding carboxylic acids is 2. The number of aromatic amines is 1. The van der Waals surface area contributed by atoms with Crippen LogP contribution in [-0.2, 0) is 28.7 Å². The van der Waals surface area contributed by atoms with Crippen molar-refractivity contribution in [2.45, 2.75) is 32.5 Å². The SMILES string of the molecule is CCc1c(N2CCN(C(=O)c3c[nH]n4cncc4c3=O)CC2)c(=O)n2nc(C3=CCOCC3)nc2n1CC(=O)Nc1ccc(C(F)(F)F)cc1Cl. The quantitative estimate of drug-likeness (QED) is 0.257. The first-order valence-corrected chi connectivity index (χ1v) is 16.4. The largest absolute Gasteiger partial charge is 0.416 e. The third-order valence-electron chi connectivity index (χ3n) is 8.86. The van der Waals surface area contributed by atoms with Gasteiger partial charge in [-0.1, -0.05) is 24.6 Å². The number of carbonyl (C=O) groups is 2. The Balaban J connectivity index is 1.22. The normalized spacial score (nSPS) is 15.4. The molecule has 2 amide bonds. The molecule has 0 radical (unpaired) electrons. The fourth-order valence-electron chi connectivity index (χ4n) is 6.29. The molecule has 1 aromatic carbocycles. The Hall–Kier alpha value is -5.49. The number of imidazole rings is 1. The predicted octanol–water partition coefficient (Wildman–Crippen LogP) is 2.87. The summed E-state index contributed by atoms with van der Waals surface area (Å²) in [5, 5.41) is 9.66. The van der Waals surface area contributed by atoms with Crippen LogP contribution in [-0.4, -0.2) is 89.9 Å². The van der Waals surface area contributed by atoms with Crippen molar-refractivity contribution in [3.05, 3.63) is 91.2 Å². The summed E-state index contributed by atoms with van der Waals surface area (Å²) in [6.07, 6.45) is 2.13. The second-order valence-electron chi connectivity index (χ2n) is 11.9. The van der Waals surface area contributed by atoms with Crippen LogP contribution in [0.2, 0.25) is 5.02 Å². The number of nitrogens with one attached hydrogen (secondary N) is 2. The van der Waals surface area contributed by atoms with Crippen LogP contribution in [0.4, 0.5) is 24.5 Å². The lowest BCUT2D eigenvalue weighted by atomic mass is 10.1. The van der Waals surface area contributed by atoms with Gasteiger partial charge in [0.1, 0.15) is 29.6 Å². The summed E-state index contributed by atoms with van der Waals surface area (Å²) in [6.45, 7) is 3.05. The van der Waals surface area contributed by atoms with Crippen molar-refractivity contribution >= 4 is 51.7 Å². The molecule has 2 aliphatic heterocycles. The third-order valence-corrected chi connectivity index (χ3v) is 9.17. The van der Waals surface area contributed by atoms with E-state index in [1.807, 2.05) is 17.9 Å². The molecule has 5 aromatic rings. The van der Waals surface area contributed by atoms with E-state index in [-0.39, 0.29) is 72.4 Å². The molecule has 0 atom stereocenters. The average Bonchev–Trinajstić information content (AvgIpc) is 3.79. The van der Waals surface area contributed by atoms with Crippen molar-refractivity contribution in [2.75, 3.05) is 49.6 Å². The van der Waals surface area contributed by atoms with Crippen molar-refractivity contribution < 1.29 is 27.5 Å². The Morgan fingerprint density at radius 1 is 1.14 bits per heavy atom. The number of halogens is 4. The summed E-state index contributed by atoms with van der Waals surface area (Å²) >= 11 is 6.11. The van der Waals surface area contributed by atoms with Gasteiger partial charge in [-0.15, -0.1) is 5.10 Å². The number of fused-ring (bicyclic) bond motifs is 2. The predicted molar refractivity (Wildman–Crippen MR) is 179 cm³/mol. The second-order valence-corrected chi connectivity index (χ2v) is 12.3. The van der Waals surface area contributed by atoms with Gasteiger partial charge in [-0.2, -0.15) is 22.7 Å². The average molecular weight is 727 g/mol. The van der Waals surface area contributed by atoms with Crippen molar-refractivity contribution in [3.63, 3.8) is 0 Å². The Bertz CT molecular complexity index is 2340. The van der Waals surface area contributed by atoms with Crippen LogP contribution in [0.25, 0.3) is 16.9 Å². The molecule has 0 saturated carbocycles. The van der Waals surface area contributed by atoms with Crippen molar-refractivity contribution in [1.29, 1.82) is 0 Å². The van der Waals surface area contributed by atoms with Crippen LogP contribution in [0.15, 0.2) is 52.6 Å². The Morgan fingerprint density at radius 3 is 2.61 bits per heavy atom. The van der Waals surface area contributed by atoms with Crippen LogP contribution in [0.3, 0.4) is 0 Å². The van der Waals surface area contributed by atoms with E-state index < -0.39 is 34.5 Å². The minimum Gasteiger partial charge on any atom is -0.377 e. The molecule has 1 saturated heterocycles. The number of piperazine rings is 1. The van der Waals surface area contributed by atoms with Gasteiger partial charge in [-0.05, 0) is 36.6 Å². The molecule has 0 aliphatic carbocycles. The third kappa shape index (κ3) is 6.35. The van der Waals surface area contributed by atoms with E-state index in [4.69, 9.17) is 16.3 Å². The van der Waals surface area contributed by atoms with E-state index in [9.17, 15) is 32.3 Å². The first-order valence-electron chi connectivity index (χ1n) is 16.0. The number of amides is 2. The maximum Gasteiger partial charge on any atom is 0.416 e. The van der Waals surface area contributed by atoms with E-state index in [0.717, 1.165) is 28.3 Å². The number of H-pyrrole nitrogens is 1. The maximum atomic E-state index is 14.2. The molecule has 2 N–H and O–H groups in total. The van der Waals surface area contributed by atoms with Gasteiger partial charge in [0.15, 0.2) is 5.82 Å². The number of hydrogen-bond donors (Lipinski definition) is 2. The zero-order valence-corrected chi connectivity index (χ0v) is 27.8. The highest BCUT2D eigenvalue weighted by molar-refractivity contribution is 6.33. The number of anilines is 2. The second kappa shape index (κ2) is 13.3. The summed E-state index contributed by atoms with van der Waals surface area (Å²) in [5.41, 5.74) is -0.232. The molecule has 266 valence electrons. The van der Waals surface area contributed by atoms with E-state index in [0.29, 0.717) is 31.2 Å². The van der Waals surface area contributed by atoms with Gasteiger partial charge in [0.2, 0.25) is 17.1 Å². The van der Waals surface area contributed by atoms with Crippen molar-refractivity contribution in [1.82, 2.24) is 38.7 Å². The first kappa shape index (κ1) is 34.0. The first-order chi connectivity index (χ1) is 24.4. The molecular formula is C32H30ClF3N10O5. The fourth-order valence-corrected chi connectivity index (χ4v) is 6.52. The molecule has 2 aliphatic rings. The molecule has 1 fully saturated rings. The van der Waals surface area contributed by atoms with Crippen LogP contribution in [0.1, 0.15) is 40.8 Å².